The first-order valence-electron chi connectivity index (χ1n) is 11.3. The molecule has 4 nitrogen and oxygen atoms in total. The quantitative estimate of drug-likeness (QED) is 0.738. The van der Waals surface area contributed by atoms with Crippen molar-refractivity contribution >= 4 is 11.8 Å². The Morgan fingerprint density at radius 1 is 0.821 bits per heavy atom. The predicted octanol–water partition coefficient (Wildman–Crippen LogP) is 4.04. The van der Waals surface area contributed by atoms with Crippen LogP contribution in [-0.2, 0) is 16.0 Å². The van der Waals surface area contributed by atoms with Gasteiger partial charge in [-0.3, -0.25) is 9.59 Å². The van der Waals surface area contributed by atoms with Crippen molar-refractivity contribution in [1.29, 1.82) is 0 Å². The summed E-state index contributed by atoms with van der Waals surface area (Å²) in [4.78, 5) is 29.6. The van der Waals surface area contributed by atoms with Gasteiger partial charge in [0.2, 0.25) is 11.8 Å². The lowest BCUT2D eigenvalue weighted by atomic mass is 9.78. The molecule has 0 radical (unpaired) electrons. The molecule has 152 valence electrons. The molecule has 3 aliphatic rings. The van der Waals surface area contributed by atoms with Gasteiger partial charge < -0.3 is 9.80 Å². The minimum absolute atomic E-state index is 0.0427. The van der Waals surface area contributed by atoms with Gasteiger partial charge >= 0.3 is 0 Å². The summed E-state index contributed by atoms with van der Waals surface area (Å²) < 4.78 is 0. The molecule has 1 aromatic rings. The van der Waals surface area contributed by atoms with E-state index in [1.807, 2.05) is 4.90 Å². The van der Waals surface area contributed by atoms with Crippen LogP contribution in [0, 0.1) is 11.8 Å². The summed E-state index contributed by atoms with van der Waals surface area (Å²) in [7, 11) is 0. The first-order chi connectivity index (χ1) is 13.7. The van der Waals surface area contributed by atoms with Gasteiger partial charge in [0.05, 0.1) is 0 Å². The Kier molecular flexibility index (Phi) is 6.33. The Bertz CT molecular complexity index is 664. The molecular weight excluding hydrogens is 348 g/mol. The lowest BCUT2D eigenvalue weighted by Gasteiger charge is -2.44. The van der Waals surface area contributed by atoms with Crippen LogP contribution in [0.4, 0.5) is 0 Å². The second-order valence-electron chi connectivity index (χ2n) is 9.03. The minimum atomic E-state index is 0.0427. The summed E-state index contributed by atoms with van der Waals surface area (Å²) in [6, 6.07) is 11.0. The fraction of sp³-hybridized carbons (Fsp3) is 0.667. The number of hydrogen-bond donors (Lipinski definition) is 0. The molecule has 4 heteroatoms. The van der Waals surface area contributed by atoms with Crippen LogP contribution in [0.2, 0.25) is 0 Å². The van der Waals surface area contributed by atoms with E-state index in [1.54, 1.807) is 0 Å². The van der Waals surface area contributed by atoms with E-state index >= 15 is 0 Å². The number of benzene rings is 1. The Morgan fingerprint density at radius 2 is 1.54 bits per heavy atom. The molecule has 2 heterocycles. The molecule has 1 aromatic carbocycles. The van der Waals surface area contributed by atoms with Gasteiger partial charge in [0.15, 0.2) is 0 Å². The summed E-state index contributed by atoms with van der Waals surface area (Å²) in [6.07, 6.45) is 10.6. The van der Waals surface area contributed by atoms with Crippen molar-refractivity contribution in [2.45, 2.75) is 70.3 Å². The number of carbonyl (C=O) groups is 2. The number of piperidine rings is 2. The number of carbonyl (C=O) groups excluding carboxylic acids is 2. The van der Waals surface area contributed by atoms with Gasteiger partial charge in [-0.25, -0.2) is 0 Å². The molecule has 1 aliphatic carbocycles. The standard InChI is InChI=1S/C24H34N2O2/c27-23(18-24(28)26-14-6-10-21-9-4-5-11-22(21)26)25-15-12-20(13-16-25)17-19-7-2-1-3-8-19/h1-3,7-8,20-22H,4-6,9-18H2. The summed E-state index contributed by atoms with van der Waals surface area (Å²) in [5, 5.41) is 0. The Balaban J connectivity index is 1.25. The molecule has 2 amide bonds. The highest BCUT2D eigenvalue weighted by Crippen LogP contribution is 2.35. The van der Waals surface area contributed by atoms with E-state index < -0.39 is 0 Å². The van der Waals surface area contributed by atoms with Gasteiger partial charge in [-0.05, 0) is 62.3 Å². The van der Waals surface area contributed by atoms with Crippen molar-refractivity contribution in [1.82, 2.24) is 9.80 Å². The van der Waals surface area contributed by atoms with Crippen molar-refractivity contribution in [2.75, 3.05) is 19.6 Å². The monoisotopic (exact) mass is 382 g/mol. The Hall–Kier alpha value is -1.84. The zero-order valence-electron chi connectivity index (χ0n) is 17.0. The second-order valence-corrected chi connectivity index (χ2v) is 9.03. The molecule has 0 bridgehead atoms. The maximum Gasteiger partial charge on any atom is 0.232 e. The highest BCUT2D eigenvalue weighted by Gasteiger charge is 2.36. The first kappa shape index (κ1) is 19.5. The first-order valence-corrected chi connectivity index (χ1v) is 11.3. The van der Waals surface area contributed by atoms with Crippen molar-refractivity contribution in [3.8, 4) is 0 Å². The number of fused-ring (bicyclic) bond motifs is 1. The average Bonchev–Trinajstić information content (AvgIpc) is 2.74. The van der Waals surface area contributed by atoms with Crippen molar-refractivity contribution in [3.05, 3.63) is 35.9 Å². The van der Waals surface area contributed by atoms with Crippen LogP contribution >= 0.6 is 0 Å². The fourth-order valence-electron chi connectivity index (χ4n) is 5.61. The van der Waals surface area contributed by atoms with E-state index in [0.29, 0.717) is 17.9 Å². The van der Waals surface area contributed by atoms with Crippen LogP contribution in [0.1, 0.15) is 63.4 Å². The maximum atomic E-state index is 12.9. The third-order valence-electron chi connectivity index (χ3n) is 7.20. The van der Waals surface area contributed by atoms with Crippen molar-refractivity contribution < 1.29 is 9.59 Å². The fourth-order valence-corrected chi connectivity index (χ4v) is 5.61. The zero-order chi connectivity index (χ0) is 19.3. The van der Waals surface area contributed by atoms with Crippen LogP contribution in [-0.4, -0.2) is 47.3 Å². The van der Waals surface area contributed by atoms with Gasteiger partial charge in [-0.15, -0.1) is 0 Å². The predicted molar refractivity (Wildman–Crippen MR) is 111 cm³/mol. The molecule has 2 atom stereocenters. The maximum absolute atomic E-state index is 12.9. The van der Waals surface area contributed by atoms with E-state index in [1.165, 1.54) is 31.2 Å². The molecule has 2 saturated heterocycles. The van der Waals surface area contributed by atoms with Gasteiger partial charge in [-0.1, -0.05) is 43.2 Å². The smallest absolute Gasteiger partial charge is 0.232 e. The van der Waals surface area contributed by atoms with Crippen molar-refractivity contribution in [2.24, 2.45) is 11.8 Å². The zero-order valence-corrected chi connectivity index (χ0v) is 17.0. The molecule has 2 aliphatic heterocycles. The summed E-state index contributed by atoms with van der Waals surface area (Å²) in [5.41, 5.74) is 1.38. The topological polar surface area (TPSA) is 40.6 Å². The van der Waals surface area contributed by atoms with Crippen LogP contribution in [0.15, 0.2) is 30.3 Å². The van der Waals surface area contributed by atoms with E-state index in [-0.39, 0.29) is 18.2 Å². The highest BCUT2D eigenvalue weighted by molar-refractivity contribution is 5.97. The minimum Gasteiger partial charge on any atom is -0.342 e. The average molecular weight is 383 g/mol. The van der Waals surface area contributed by atoms with Gasteiger partial charge in [0, 0.05) is 25.7 Å². The molecule has 3 fully saturated rings. The summed E-state index contributed by atoms with van der Waals surface area (Å²) in [5.74, 6) is 1.44. The largest absolute Gasteiger partial charge is 0.342 e. The van der Waals surface area contributed by atoms with Gasteiger partial charge in [0.1, 0.15) is 6.42 Å². The van der Waals surface area contributed by atoms with Gasteiger partial charge in [-0.2, -0.15) is 0 Å². The number of rotatable bonds is 4. The molecule has 0 N–H and O–H groups in total. The highest BCUT2D eigenvalue weighted by atomic mass is 16.2. The number of likely N-dealkylation sites (tertiary alicyclic amines) is 2. The third-order valence-corrected chi connectivity index (χ3v) is 7.20. The normalized spacial score (nSPS) is 26.0. The number of nitrogens with zero attached hydrogens (tertiary/aromatic N) is 2. The van der Waals surface area contributed by atoms with Crippen LogP contribution < -0.4 is 0 Å². The SMILES string of the molecule is O=C(CC(=O)N1CCCC2CCCCC21)N1CCC(Cc2ccccc2)CC1. The second kappa shape index (κ2) is 9.11. The van der Waals surface area contributed by atoms with Crippen LogP contribution in [0.5, 0.6) is 0 Å². The lowest BCUT2D eigenvalue weighted by molar-refractivity contribution is -0.145. The van der Waals surface area contributed by atoms with Crippen LogP contribution in [0.3, 0.4) is 0 Å². The Morgan fingerprint density at radius 3 is 2.32 bits per heavy atom. The molecule has 2 unspecified atom stereocenters. The molecule has 28 heavy (non-hydrogen) atoms. The number of hydrogen-bond acceptors (Lipinski definition) is 2. The number of amides is 2. The summed E-state index contributed by atoms with van der Waals surface area (Å²) >= 11 is 0. The lowest BCUT2D eigenvalue weighted by Crippen LogP contribution is -2.51. The third kappa shape index (κ3) is 4.59. The molecular formula is C24H34N2O2. The van der Waals surface area contributed by atoms with Crippen LogP contribution in [0.25, 0.3) is 0 Å². The van der Waals surface area contributed by atoms with E-state index in [9.17, 15) is 9.59 Å². The van der Waals surface area contributed by atoms with Crippen molar-refractivity contribution in [3.63, 3.8) is 0 Å². The molecule has 0 aromatic heterocycles. The Labute approximate surface area is 169 Å². The van der Waals surface area contributed by atoms with E-state index in [4.69, 9.17) is 0 Å². The summed E-state index contributed by atoms with van der Waals surface area (Å²) in [6.45, 7) is 2.46. The van der Waals surface area contributed by atoms with E-state index in [0.717, 1.165) is 51.7 Å². The molecule has 1 saturated carbocycles. The van der Waals surface area contributed by atoms with E-state index in [2.05, 4.69) is 35.2 Å². The van der Waals surface area contributed by atoms with Gasteiger partial charge in [0.25, 0.3) is 0 Å². The molecule has 4 rings (SSSR count). The molecule has 0 spiro atoms.